The number of para-hydroxylation sites is 1. The number of nitrogens with one attached hydrogen (secondary N) is 1. The molecule has 0 bridgehead atoms. The molecule has 0 unspecified atom stereocenters. The smallest absolute Gasteiger partial charge is 0.305 e. The molecular formula is C33H44N4O5. The van der Waals surface area contributed by atoms with Crippen molar-refractivity contribution in [2.24, 2.45) is 0 Å². The van der Waals surface area contributed by atoms with E-state index in [2.05, 4.69) is 35.7 Å². The number of likely N-dealkylation sites (tertiary alicyclic amines) is 1. The van der Waals surface area contributed by atoms with Gasteiger partial charge in [0.15, 0.2) is 0 Å². The SMILES string of the molecule is COC(=O)CCCCCNC(=O)CN1CN(c2ccccc2)C2(CCN(C(=O)c3ccc(C(C)(C)C)cc3)CC2)C1=O. The topological polar surface area (TPSA) is 99.3 Å². The maximum absolute atomic E-state index is 13.9. The maximum Gasteiger partial charge on any atom is 0.305 e. The normalized spacial score (nSPS) is 16.6. The summed E-state index contributed by atoms with van der Waals surface area (Å²) in [5, 5.41) is 2.91. The van der Waals surface area contributed by atoms with Crippen LogP contribution in [0.4, 0.5) is 5.69 Å². The van der Waals surface area contributed by atoms with Gasteiger partial charge in [0.2, 0.25) is 5.91 Å². The van der Waals surface area contributed by atoms with Gasteiger partial charge in [0.1, 0.15) is 12.1 Å². The van der Waals surface area contributed by atoms with Gasteiger partial charge in [0.25, 0.3) is 11.8 Å². The molecule has 2 heterocycles. The molecule has 2 aromatic carbocycles. The summed E-state index contributed by atoms with van der Waals surface area (Å²) in [5.74, 6) is -0.521. The number of nitrogens with zero attached hydrogens (tertiary/aromatic N) is 3. The Morgan fingerprint density at radius 3 is 2.21 bits per heavy atom. The first kappa shape index (κ1) is 31.1. The molecule has 0 aliphatic carbocycles. The van der Waals surface area contributed by atoms with E-state index in [-0.39, 0.29) is 35.7 Å². The number of unbranched alkanes of at least 4 members (excludes halogenated alkanes) is 2. The lowest BCUT2D eigenvalue weighted by Gasteiger charge is -2.43. The number of piperidine rings is 1. The average Bonchev–Trinajstić information content (AvgIpc) is 3.24. The fourth-order valence-corrected chi connectivity index (χ4v) is 5.83. The third-order valence-electron chi connectivity index (χ3n) is 8.40. The first-order valence-corrected chi connectivity index (χ1v) is 14.9. The second-order valence-electron chi connectivity index (χ2n) is 12.3. The van der Waals surface area contributed by atoms with Crippen LogP contribution in [0.3, 0.4) is 0 Å². The van der Waals surface area contributed by atoms with Crippen LogP contribution in [0.1, 0.15) is 75.2 Å². The number of esters is 1. The number of benzene rings is 2. The molecule has 1 N–H and O–H groups in total. The van der Waals surface area contributed by atoms with Gasteiger partial charge in [-0.25, -0.2) is 0 Å². The van der Waals surface area contributed by atoms with E-state index < -0.39 is 5.54 Å². The summed E-state index contributed by atoms with van der Waals surface area (Å²) in [6.45, 7) is 8.15. The molecule has 2 aliphatic rings. The Balaban J connectivity index is 1.38. The van der Waals surface area contributed by atoms with Crippen molar-refractivity contribution in [1.29, 1.82) is 0 Å². The predicted octanol–water partition coefficient (Wildman–Crippen LogP) is 4.11. The number of anilines is 1. The van der Waals surface area contributed by atoms with E-state index >= 15 is 0 Å². The first-order valence-electron chi connectivity index (χ1n) is 14.9. The number of ether oxygens (including phenoxy) is 1. The highest BCUT2D eigenvalue weighted by Crippen LogP contribution is 2.39. The van der Waals surface area contributed by atoms with E-state index in [0.29, 0.717) is 57.5 Å². The minimum absolute atomic E-state index is 0.0112. The van der Waals surface area contributed by atoms with Crippen LogP contribution < -0.4 is 10.2 Å². The van der Waals surface area contributed by atoms with Gasteiger partial charge < -0.3 is 24.8 Å². The van der Waals surface area contributed by atoms with E-state index in [4.69, 9.17) is 0 Å². The molecule has 4 rings (SSSR count). The Hall–Kier alpha value is -3.88. The monoisotopic (exact) mass is 576 g/mol. The highest BCUT2D eigenvalue weighted by Gasteiger charge is 2.54. The number of hydrogen-bond acceptors (Lipinski definition) is 6. The highest BCUT2D eigenvalue weighted by molar-refractivity contribution is 5.97. The van der Waals surface area contributed by atoms with Crippen molar-refractivity contribution in [3.8, 4) is 0 Å². The molecule has 2 fully saturated rings. The number of methoxy groups -OCH3 is 1. The Kier molecular flexibility index (Phi) is 9.91. The summed E-state index contributed by atoms with van der Waals surface area (Å²) in [5.41, 5.74) is 1.96. The molecule has 2 saturated heterocycles. The molecule has 0 radical (unpaired) electrons. The molecule has 2 aliphatic heterocycles. The molecule has 2 aromatic rings. The quantitative estimate of drug-likeness (QED) is 0.338. The van der Waals surface area contributed by atoms with Gasteiger partial charge in [0, 0.05) is 37.3 Å². The van der Waals surface area contributed by atoms with E-state index in [1.165, 1.54) is 12.7 Å². The second kappa shape index (κ2) is 13.4. The summed E-state index contributed by atoms with van der Waals surface area (Å²) in [4.78, 5) is 56.9. The van der Waals surface area contributed by atoms with Crippen LogP contribution >= 0.6 is 0 Å². The minimum atomic E-state index is -0.803. The number of rotatable bonds is 10. The lowest BCUT2D eigenvalue weighted by molar-refractivity contribution is -0.140. The number of hydrogen-bond donors (Lipinski definition) is 1. The predicted molar refractivity (Wildman–Crippen MR) is 162 cm³/mol. The third kappa shape index (κ3) is 7.12. The highest BCUT2D eigenvalue weighted by atomic mass is 16.5. The fourth-order valence-electron chi connectivity index (χ4n) is 5.83. The van der Waals surface area contributed by atoms with Crippen molar-refractivity contribution in [2.45, 2.75) is 70.3 Å². The lowest BCUT2D eigenvalue weighted by Crippen LogP contribution is -2.57. The van der Waals surface area contributed by atoms with Gasteiger partial charge in [-0.1, -0.05) is 57.5 Å². The molecule has 1 spiro atoms. The van der Waals surface area contributed by atoms with Gasteiger partial charge in [-0.2, -0.15) is 0 Å². The molecular weight excluding hydrogens is 532 g/mol. The maximum atomic E-state index is 13.9. The number of carbonyl (C=O) groups is 4. The molecule has 3 amide bonds. The zero-order valence-corrected chi connectivity index (χ0v) is 25.4. The summed E-state index contributed by atoms with van der Waals surface area (Å²) in [6.07, 6.45) is 3.62. The molecule has 42 heavy (non-hydrogen) atoms. The average molecular weight is 577 g/mol. The molecule has 0 atom stereocenters. The van der Waals surface area contributed by atoms with Crippen LogP contribution in [0.5, 0.6) is 0 Å². The summed E-state index contributed by atoms with van der Waals surface area (Å²) in [6, 6.07) is 17.6. The van der Waals surface area contributed by atoms with Crippen LogP contribution in [-0.4, -0.2) is 79.0 Å². The van der Waals surface area contributed by atoms with Gasteiger partial charge in [-0.3, -0.25) is 19.2 Å². The second-order valence-corrected chi connectivity index (χ2v) is 12.3. The zero-order chi connectivity index (χ0) is 30.3. The van der Waals surface area contributed by atoms with Crippen LogP contribution in [0.15, 0.2) is 54.6 Å². The van der Waals surface area contributed by atoms with Crippen LogP contribution in [0, 0.1) is 0 Å². The molecule has 9 nitrogen and oxygen atoms in total. The van der Waals surface area contributed by atoms with Crippen molar-refractivity contribution in [2.75, 3.05) is 44.9 Å². The van der Waals surface area contributed by atoms with Gasteiger partial charge in [-0.15, -0.1) is 0 Å². The Morgan fingerprint density at radius 1 is 0.929 bits per heavy atom. The van der Waals surface area contributed by atoms with Crippen molar-refractivity contribution in [1.82, 2.24) is 15.1 Å². The molecule has 0 saturated carbocycles. The molecule has 9 heteroatoms. The minimum Gasteiger partial charge on any atom is -0.469 e. The van der Waals surface area contributed by atoms with Crippen LogP contribution in [-0.2, 0) is 24.5 Å². The first-order chi connectivity index (χ1) is 20.0. The summed E-state index contributed by atoms with van der Waals surface area (Å²) < 4.78 is 4.65. The van der Waals surface area contributed by atoms with E-state index in [0.717, 1.165) is 18.5 Å². The fraction of sp³-hybridized carbons (Fsp3) is 0.515. The Labute approximate surface area is 249 Å². The van der Waals surface area contributed by atoms with E-state index in [1.54, 1.807) is 4.90 Å². The van der Waals surface area contributed by atoms with E-state index in [1.807, 2.05) is 59.5 Å². The Bertz CT molecular complexity index is 1250. The van der Waals surface area contributed by atoms with Gasteiger partial charge >= 0.3 is 5.97 Å². The van der Waals surface area contributed by atoms with Crippen LogP contribution in [0.25, 0.3) is 0 Å². The van der Waals surface area contributed by atoms with Crippen molar-refractivity contribution in [3.63, 3.8) is 0 Å². The summed E-state index contributed by atoms with van der Waals surface area (Å²) >= 11 is 0. The van der Waals surface area contributed by atoms with Gasteiger partial charge in [0.05, 0.1) is 13.8 Å². The summed E-state index contributed by atoms with van der Waals surface area (Å²) in [7, 11) is 1.38. The molecule has 226 valence electrons. The van der Waals surface area contributed by atoms with E-state index in [9.17, 15) is 19.2 Å². The number of amides is 3. The van der Waals surface area contributed by atoms with Gasteiger partial charge in [-0.05, 0) is 60.9 Å². The van der Waals surface area contributed by atoms with Crippen LogP contribution in [0.2, 0.25) is 0 Å². The van der Waals surface area contributed by atoms with Crippen molar-refractivity contribution >= 4 is 29.4 Å². The van der Waals surface area contributed by atoms with Crippen molar-refractivity contribution in [3.05, 3.63) is 65.7 Å². The number of carbonyl (C=O) groups excluding carboxylic acids is 4. The molecule has 0 aromatic heterocycles. The zero-order valence-electron chi connectivity index (χ0n) is 25.4. The Morgan fingerprint density at radius 2 is 1.60 bits per heavy atom. The standard InChI is InChI=1S/C33H44N4O5/c1-32(2,3)26-16-14-25(15-17-26)30(40)35-21-18-33(19-22-35)31(41)36(24-37(33)27-11-7-5-8-12-27)23-28(38)34-20-10-6-9-13-29(39)42-4/h5,7-8,11-12,14-17H,6,9-10,13,18-24H2,1-4H3,(H,34,38). The van der Waals surface area contributed by atoms with Crippen molar-refractivity contribution < 1.29 is 23.9 Å². The third-order valence-corrected chi connectivity index (χ3v) is 8.40. The lowest BCUT2D eigenvalue weighted by atomic mass is 9.84. The largest absolute Gasteiger partial charge is 0.469 e.